The Morgan fingerprint density at radius 2 is 1.28 bits per heavy atom. The van der Waals surface area contributed by atoms with E-state index in [9.17, 15) is 30.3 Å². The summed E-state index contributed by atoms with van der Waals surface area (Å²) in [5, 5.41) is 66.3. The van der Waals surface area contributed by atoms with Crippen molar-refractivity contribution in [1.29, 1.82) is 0 Å². The zero-order valence-electron chi connectivity index (χ0n) is 18.8. The van der Waals surface area contributed by atoms with Gasteiger partial charge in [0, 0.05) is 0 Å². The number of hydrogen-bond acceptors (Lipinski definition) is 9. The Kier molecular flexibility index (Phi) is 15.2. The van der Waals surface area contributed by atoms with Gasteiger partial charge in [-0.1, -0.05) is 64.2 Å². The first-order chi connectivity index (χ1) is 15.3. The van der Waals surface area contributed by atoms with Crippen LogP contribution in [0.15, 0.2) is 0 Å². The number of aliphatic hydroxyl groups is 6. The highest BCUT2D eigenvalue weighted by Gasteiger charge is 2.44. The average Bonchev–Trinajstić information content (AvgIpc) is 2.77. The average molecular weight is 467 g/mol. The number of unbranched alkanes of at least 4 members (excludes halogenated alkanes) is 9. The number of aliphatic hydroxyl groups excluding tert-OH is 6. The molecule has 1 aliphatic rings. The van der Waals surface area contributed by atoms with Crippen molar-refractivity contribution in [3.05, 3.63) is 0 Å². The van der Waals surface area contributed by atoms with Crippen molar-refractivity contribution in [3.8, 4) is 0 Å². The molecule has 1 rings (SSSR count). The number of carboxylic acids is 1. The SMILES string of the molecule is O=C(O)[C@H](O)CCCCCCCCCCCC[C@H](O)CO[C@@H]1O[C@H](CO)[C@@H](O)[C@H](O)[C@H]1O. The molecule has 0 radical (unpaired) electrons. The van der Waals surface area contributed by atoms with E-state index in [2.05, 4.69) is 0 Å². The van der Waals surface area contributed by atoms with E-state index >= 15 is 0 Å². The van der Waals surface area contributed by atoms with Gasteiger partial charge in [-0.25, -0.2) is 4.79 Å². The maximum absolute atomic E-state index is 10.5. The van der Waals surface area contributed by atoms with Gasteiger partial charge in [-0.3, -0.25) is 0 Å². The second-order valence-corrected chi connectivity index (χ2v) is 8.65. The minimum Gasteiger partial charge on any atom is -0.479 e. The maximum atomic E-state index is 10.5. The highest BCUT2D eigenvalue weighted by Crippen LogP contribution is 2.22. The molecule has 0 aromatic rings. The quantitative estimate of drug-likeness (QED) is 0.139. The van der Waals surface area contributed by atoms with Gasteiger partial charge in [0.15, 0.2) is 12.4 Å². The fourth-order valence-electron chi connectivity index (χ4n) is 3.75. The van der Waals surface area contributed by atoms with E-state index in [0.29, 0.717) is 12.8 Å². The molecule has 0 aromatic heterocycles. The number of ether oxygens (including phenoxy) is 2. The Morgan fingerprint density at radius 1 is 0.781 bits per heavy atom. The van der Waals surface area contributed by atoms with Crippen LogP contribution in [0.25, 0.3) is 0 Å². The third kappa shape index (κ3) is 11.3. The van der Waals surface area contributed by atoms with E-state index in [1.165, 1.54) is 0 Å². The lowest BCUT2D eigenvalue weighted by Crippen LogP contribution is -2.59. The van der Waals surface area contributed by atoms with Crippen molar-refractivity contribution >= 4 is 5.97 Å². The predicted octanol–water partition coefficient (Wildman–Crippen LogP) is 0.290. The van der Waals surface area contributed by atoms with Crippen molar-refractivity contribution in [3.63, 3.8) is 0 Å². The zero-order valence-corrected chi connectivity index (χ0v) is 18.8. The molecule has 32 heavy (non-hydrogen) atoms. The first-order valence-electron chi connectivity index (χ1n) is 11.8. The van der Waals surface area contributed by atoms with Crippen LogP contribution < -0.4 is 0 Å². The van der Waals surface area contributed by atoms with Gasteiger partial charge >= 0.3 is 5.97 Å². The summed E-state index contributed by atoms with van der Waals surface area (Å²) in [6.45, 7) is -0.601. The fraction of sp³-hybridized carbons (Fsp3) is 0.955. The Labute approximate surface area is 189 Å². The fourth-order valence-corrected chi connectivity index (χ4v) is 3.75. The summed E-state index contributed by atoms with van der Waals surface area (Å²) in [6, 6.07) is 0. The smallest absolute Gasteiger partial charge is 0.332 e. The van der Waals surface area contributed by atoms with Crippen molar-refractivity contribution in [2.24, 2.45) is 0 Å². The molecule has 0 spiro atoms. The number of carboxylic acid groups (broad SMARTS) is 1. The summed E-state index contributed by atoms with van der Waals surface area (Å²) in [6.07, 6.45) is 2.37. The van der Waals surface area contributed by atoms with Crippen LogP contribution in [-0.4, -0.2) is 97.8 Å². The highest BCUT2D eigenvalue weighted by molar-refractivity contribution is 5.71. The Balaban J connectivity index is 1.96. The van der Waals surface area contributed by atoms with E-state index in [4.69, 9.17) is 19.7 Å². The topological polar surface area (TPSA) is 177 Å². The highest BCUT2D eigenvalue weighted by atomic mass is 16.7. The maximum Gasteiger partial charge on any atom is 0.332 e. The summed E-state index contributed by atoms with van der Waals surface area (Å²) < 4.78 is 10.6. The van der Waals surface area contributed by atoms with Crippen molar-refractivity contribution in [2.75, 3.05) is 13.2 Å². The lowest BCUT2D eigenvalue weighted by Gasteiger charge is -2.39. The van der Waals surface area contributed by atoms with Gasteiger partial charge in [-0.05, 0) is 12.8 Å². The Hall–Kier alpha value is -0.850. The number of aliphatic carboxylic acids is 1. The molecule has 0 bridgehead atoms. The molecule has 7 N–H and O–H groups in total. The molecule has 1 saturated heterocycles. The third-order valence-electron chi connectivity index (χ3n) is 5.85. The van der Waals surface area contributed by atoms with Crippen LogP contribution in [0.3, 0.4) is 0 Å². The van der Waals surface area contributed by atoms with Crippen molar-refractivity contribution < 1.29 is 50.0 Å². The van der Waals surface area contributed by atoms with Gasteiger partial charge in [0.1, 0.15) is 24.4 Å². The number of carbonyl (C=O) groups is 1. The summed E-state index contributed by atoms with van der Waals surface area (Å²) in [5.74, 6) is -1.15. The second kappa shape index (κ2) is 16.7. The van der Waals surface area contributed by atoms with Gasteiger partial charge in [-0.15, -0.1) is 0 Å². The van der Waals surface area contributed by atoms with E-state index in [-0.39, 0.29) is 6.61 Å². The minimum absolute atomic E-state index is 0.0772. The largest absolute Gasteiger partial charge is 0.479 e. The van der Waals surface area contributed by atoms with Gasteiger partial charge < -0.3 is 45.2 Å². The summed E-state index contributed by atoms with van der Waals surface area (Å²) in [5.41, 5.74) is 0. The van der Waals surface area contributed by atoms with Crippen LogP contribution in [0.5, 0.6) is 0 Å². The molecular weight excluding hydrogens is 424 g/mol. The number of hydrogen-bond donors (Lipinski definition) is 7. The first-order valence-corrected chi connectivity index (χ1v) is 11.8. The van der Waals surface area contributed by atoms with Gasteiger partial charge in [0.25, 0.3) is 0 Å². The molecule has 10 heteroatoms. The lowest BCUT2D eigenvalue weighted by atomic mass is 9.99. The second-order valence-electron chi connectivity index (χ2n) is 8.65. The van der Waals surface area contributed by atoms with Gasteiger partial charge in [0.05, 0.1) is 19.3 Å². The normalized spacial score (nSPS) is 27.9. The van der Waals surface area contributed by atoms with Crippen LogP contribution in [0.2, 0.25) is 0 Å². The lowest BCUT2D eigenvalue weighted by molar-refractivity contribution is -0.304. The number of rotatable bonds is 18. The molecule has 0 aromatic carbocycles. The molecule has 1 heterocycles. The van der Waals surface area contributed by atoms with Crippen LogP contribution >= 0.6 is 0 Å². The molecule has 0 unspecified atom stereocenters. The van der Waals surface area contributed by atoms with Gasteiger partial charge in [0.2, 0.25) is 0 Å². The minimum atomic E-state index is -1.49. The zero-order chi connectivity index (χ0) is 23.9. The molecule has 7 atom stereocenters. The molecule has 190 valence electrons. The molecular formula is C22H42O10. The van der Waals surface area contributed by atoms with Crippen LogP contribution in [-0.2, 0) is 14.3 Å². The Bertz CT molecular complexity index is 489. The first kappa shape index (κ1) is 29.2. The van der Waals surface area contributed by atoms with Gasteiger partial charge in [-0.2, -0.15) is 0 Å². The third-order valence-corrected chi connectivity index (χ3v) is 5.85. The van der Waals surface area contributed by atoms with Crippen molar-refractivity contribution in [2.45, 2.75) is 120 Å². The summed E-state index contributed by atoms with van der Waals surface area (Å²) >= 11 is 0. The summed E-state index contributed by atoms with van der Waals surface area (Å²) in [7, 11) is 0. The molecule has 0 aliphatic carbocycles. The summed E-state index contributed by atoms with van der Waals surface area (Å²) in [4.78, 5) is 10.5. The molecule has 0 saturated carbocycles. The van der Waals surface area contributed by atoms with E-state index in [1.54, 1.807) is 0 Å². The standard InChI is InChI=1S/C22H42O10/c23-13-17-18(26)19(27)20(28)22(32-17)31-14-15(24)11-9-7-5-3-1-2-4-6-8-10-12-16(25)21(29)30/h15-20,22-28H,1-14H2,(H,29,30)/t15-,16+,17+,18+,19-,20+,22+/m0/s1. The Morgan fingerprint density at radius 3 is 1.78 bits per heavy atom. The molecule has 1 fully saturated rings. The van der Waals surface area contributed by atoms with E-state index in [1.807, 2.05) is 0 Å². The predicted molar refractivity (Wildman–Crippen MR) is 115 cm³/mol. The van der Waals surface area contributed by atoms with Crippen LogP contribution in [0.4, 0.5) is 0 Å². The van der Waals surface area contributed by atoms with Crippen molar-refractivity contribution in [1.82, 2.24) is 0 Å². The van der Waals surface area contributed by atoms with Crippen LogP contribution in [0.1, 0.15) is 77.0 Å². The molecule has 0 amide bonds. The van der Waals surface area contributed by atoms with E-state index in [0.717, 1.165) is 64.2 Å². The van der Waals surface area contributed by atoms with Crippen LogP contribution in [0, 0.1) is 0 Å². The monoisotopic (exact) mass is 466 g/mol. The van der Waals surface area contributed by atoms with E-state index < -0.39 is 55.5 Å². The molecule has 1 aliphatic heterocycles. The molecule has 10 nitrogen and oxygen atoms in total.